The Balaban J connectivity index is 1.87. The molecule has 7 nitrogen and oxygen atoms in total. The molecule has 1 saturated carbocycles. The standard InChI is InChI=1S/C25H31BrClN3O4S/c1-18(25(32)28-22-11-4-3-5-12-22)29(16-19-8-6-9-20(26)14-19)24(31)17-30(35(2,33)34)23-13-7-10-21(27)15-23/h6-10,13-15,18,22H,3-5,11-12,16-17H2,1-2H3,(H,28,32)/t18-/m0/s1. The Labute approximate surface area is 221 Å². The van der Waals surface area contributed by atoms with Gasteiger partial charge in [-0.25, -0.2) is 8.42 Å². The van der Waals surface area contributed by atoms with E-state index in [4.69, 9.17) is 11.6 Å². The maximum absolute atomic E-state index is 13.6. The molecule has 1 fully saturated rings. The van der Waals surface area contributed by atoms with Crippen molar-refractivity contribution in [3.8, 4) is 0 Å². The summed E-state index contributed by atoms with van der Waals surface area (Å²) in [7, 11) is -3.79. The molecule has 0 heterocycles. The number of carbonyl (C=O) groups is 2. The van der Waals surface area contributed by atoms with Gasteiger partial charge in [-0.05, 0) is 55.7 Å². The summed E-state index contributed by atoms with van der Waals surface area (Å²) in [6.07, 6.45) is 6.20. The van der Waals surface area contributed by atoms with Crippen LogP contribution in [0.5, 0.6) is 0 Å². The minimum atomic E-state index is -3.79. The molecule has 35 heavy (non-hydrogen) atoms. The maximum atomic E-state index is 13.6. The molecule has 10 heteroatoms. The third-order valence-electron chi connectivity index (χ3n) is 6.14. The van der Waals surface area contributed by atoms with E-state index >= 15 is 0 Å². The number of hydrogen-bond donors (Lipinski definition) is 1. The number of benzene rings is 2. The zero-order valence-corrected chi connectivity index (χ0v) is 23.1. The van der Waals surface area contributed by atoms with E-state index in [0.29, 0.717) is 5.02 Å². The second-order valence-corrected chi connectivity index (χ2v) is 12.2. The number of carbonyl (C=O) groups excluding carboxylic acids is 2. The fraction of sp³-hybridized carbons (Fsp3) is 0.440. The van der Waals surface area contributed by atoms with Crippen molar-refractivity contribution in [1.29, 1.82) is 0 Å². The predicted molar refractivity (Wildman–Crippen MR) is 143 cm³/mol. The van der Waals surface area contributed by atoms with E-state index in [9.17, 15) is 18.0 Å². The zero-order chi connectivity index (χ0) is 25.6. The highest BCUT2D eigenvalue weighted by Gasteiger charge is 2.31. The summed E-state index contributed by atoms with van der Waals surface area (Å²) in [5.74, 6) is -0.726. The molecule has 0 aliphatic heterocycles. The van der Waals surface area contributed by atoms with Crippen LogP contribution in [0.25, 0.3) is 0 Å². The summed E-state index contributed by atoms with van der Waals surface area (Å²) >= 11 is 9.51. The fourth-order valence-electron chi connectivity index (χ4n) is 4.23. The molecule has 0 bridgehead atoms. The van der Waals surface area contributed by atoms with Gasteiger partial charge in [-0.2, -0.15) is 0 Å². The zero-order valence-electron chi connectivity index (χ0n) is 19.9. The van der Waals surface area contributed by atoms with Gasteiger partial charge in [0, 0.05) is 22.1 Å². The molecular weight excluding hydrogens is 554 g/mol. The molecule has 0 radical (unpaired) electrons. The van der Waals surface area contributed by atoms with E-state index < -0.39 is 28.5 Å². The van der Waals surface area contributed by atoms with Crippen molar-refractivity contribution < 1.29 is 18.0 Å². The number of rotatable bonds is 9. The molecule has 1 aliphatic carbocycles. The van der Waals surface area contributed by atoms with Gasteiger partial charge in [0.15, 0.2) is 0 Å². The van der Waals surface area contributed by atoms with Crippen molar-refractivity contribution in [3.05, 3.63) is 63.6 Å². The highest BCUT2D eigenvalue weighted by Crippen LogP contribution is 2.23. The third kappa shape index (κ3) is 7.95. The molecule has 190 valence electrons. The number of nitrogens with zero attached hydrogens (tertiary/aromatic N) is 2. The first-order chi connectivity index (χ1) is 16.5. The van der Waals surface area contributed by atoms with E-state index in [-0.39, 0.29) is 24.2 Å². The Kier molecular flexibility index (Phi) is 9.61. The quantitative estimate of drug-likeness (QED) is 0.462. The lowest BCUT2D eigenvalue weighted by molar-refractivity contribution is -0.139. The van der Waals surface area contributed by atoms with Gasteiger partial charge in [0.2, 0.25) is 21.8 Å². The summed E-state index contributed by atoms with van der Waals surface area (Å²) in [6.45, 7) is 1.39. The Morgan fingerprint density at radius 2 is 1.80 bits per heavy atom. The van der Waals surface area contributed by atoms with E-state index in [1.807, 2.05) is 24.3 Å². The minimum Gasteiger partial charge on any atom is -0.352 e. The van der Waals surface area contributed by atoms with Crippen LogP contribution in [0.15, 0.2) is 53.0 Å². The SMILES string of the molecule is C[C@@H](C(=O)NC1CCCCC1)N(Cc1cccc(Br)c1)C(=O)CN(c1cccc(Cl)c1)S(C)(=O)=O. The van der Waals surface area contributed by atoms with E-state index in [1.165, 1.54) is 17.4 Å². The first kappa shape index (κ1) is 27.5. The lowest BCUT2D eigenvalue weighted by Gasteiger charge is -2.33. The van der Waals surface area contributed by atoms with Crippen LogP contribution >= 0.6 is 27.5 Å². The third-order valence-corrected chi connectivity index (χ3v) is 8.01. The Bertz CT molecular complexity index is 1150. The molecule has 1 N–H and O–H groups in total. The number of sulfonamides is 1. The van der Waals surface area contributed by atoms with Crippen molar-refractivity contribution in [2.75, 3.05) is 17.1 Å². The van der Waals surface area contributed by atoms with Gasteiger partial charge in [-0.1, -0.05) is 65.0 Å². The van der Waals surface area contributed by atoms with E-state index in [1.54, 1.807) is 25.1 Å². The Morgan fingerprint density at radius 1 is 1.11 bits per heavy atom. The first-order valence-electron chi connectivity index (χ1n) is 11.6. The van der Waals surface area contributed by atoms with Gasteiger partial charge in [0.05, 0.1) is 11.9 Å². The molecule has 0 unspecified atom stereocenters. The summed E-state index contributed by atoms with van der Waals surface area (Å²) in [6, 6.07) is 13.1. The lowest BCUT2D eigenvalue weighted by Crippen LogP contribution is -2.52. The molecule has 2 aromatic carbocycles. The van der Waals surface area contributed by atoms with Crippen LogP contribution in [0.3, 0.4) is 0 Å². The second-order valence-electron chi connectivity index (χ2n) is 8.92. The van der Waals surface area contributed by atoms with Crippen molar-refractivity contribution in [2.24, 2.45) is 0 Å². The average Bonchev–Trinajstić information content (AvgIpc) is 2.80. The highest BCUT2D eigenvalue weighted by molar-refractivity contribution is 9.10. The number of nitrogens with one attached hydrogen (secondary N) is 1. The normalized spacial score (nSPS) is 15.3. The van der Waals surface area contributed by atoms with Gasteiger partial charge in [0.25, 0.3) is 0 Å². The molecule has 1 aliphatic rings. The van der Waals surface area contributed by atoms with E-state index in [2.05, 4.69) is 21.2 Å². The van der Waals surface area contributed by atoms with Gasteiger partial charge < -0.3 is 10.2 Å². The molecule has 0 saturated heterocycles. The van der Waals surface area contributed by atoms with Gasteiger partial charge in [-0.15, -0.1) is 0 Å². The summed E-state index contributed by atoms with van der Waals surface area (Å²) in [4.78, 5) is 28.2. The van der Waals surface area contributed by atoms with Crippen LogP contribution in [0, 0.1) is 0 Å². The van der Waals surface area contributed by atoms with Gasteiger partial charge in [0.1, 0.15) is 12.6 Å². The monoisotopic (exact) mass is 583 g/mol. The van der Waals surface area contributed by atoms with Crippen molar-refractivity contribution in [3.63, 3.8) is 0 Å². The number of hydrogen-bond acceptors (Lipinski definition) is 4. The van der Waals surface area contributed by atoms with Crippen LogP contribution in [0.1, 0.15) is 44.6 Å². The molecular formula is C25H31BrClN3O4S. The lowest BCUT2D eigenvalue weighted by atomic mass is 9.95. The molecule has 3 rings (SSSR count). The summed E-state index contributed by atoms with van der Waals surface area (Å²) < 4.78 is 27.1. The molecule has 0 spiro atoms. The molecule has 0 aromatic heterocycles. The van der Waals surface area contributed by atoms with Crippen molar-refractivity contribution in [2.45, 2.75) is 57.7 Å². The number of halogens is 2. The molecule has 2 aromatic rings. The van der Waals surface area contributed by atoms with Crippen molar-refractivity contribution >= 4 is 55.1 Å². The van der Waals surface area contributed by atoms with Crippen LogP contribution in [-0.2, 0) is 26.2 Å². The molecule has 1 atom stereocenters. The topological polar surface area (TPSA) is 86.8 Å². The minimum absolute atomic E-state index is 0.0977. The second kappa shape index (κ2) is 12.2. The Hall–Kier alpha value is -2.10. The van der Waals surface area contributed by atoms with Crippen LogP contribution in [0.2, 0.25) is 5.02 Å². The molecule has 2 amide bonds. The van der Waals surface area contributed by atoms with Crippen LogP contribution in [0.4, 0.5) is 5.69 Å². The highest BCUT2D eigenvalue weighted by atomic mass is 79.9. The Morgan fingerprint density at radius 3 is 2.43 bits per heavy atom. The first-order valence-corrected chi connectivity index (χ1v) is 14.6. The average molecular weight is 585 g/mol. The van der Waals surface area contributed by atoms with Crippen LogP contribution < -0.4 is 9.62 Å². The van der Waals surface area contributed by atoms with E-state index in [0.717, 1.165) is 46.3 Å². The van der Waals surface area contributed by atoms with Crippen molar-refractivity contribution in [1.82, 2.24) is 10.2 Å². The van der Waals surface area contributed by atoms with Gasteiger partial charge in [-0.3, -0.25) is 13.9 Å². The largest absolute Gasteiger partial charge is 0.352 e. The van der Waals surface area contributed by atoms with Gasteiger partial charge >= 0.3 is 0 Å². The number of anilines is 1. The summed E-state index contributed by atoms with van der Waals surface area (Å²) in [5.41, 5.74) is 1.11. The maximum Gasteiger partial charge on any atom is 0.244 e. The summed E-state index contributed by atoms with van der Waals surface area (Å²) in [5, 5.41) is 3.44. The van der Waals surface area contributed by atoms with Crippen LogP contribution in [-0.4, -0.2) is 50.0 Å². The number of amides is 2. The predicted octanol–water partition coefficient (Wildman–Crippen LogP) is 4.73. The smallest absolute Gasteiger partial charge is 0.244 e. The fourth-order valence-corrected chi connectivity index (χ4v) is 5.70.